The molecule has 1 aromatic rings. The van der Waals surface area contributed by atoms with E-state index >= 15 is 0 Å². The summed E-state index contributed by atoms with van der Waals surface area (Å²) in [6.07, 6.45) is 7.90. The molecular formula is C16H23NO2. The Morgan fingerprint density at radius 2 is 1.95 bits per heavy atom. The molecule has 1 fully saturated rings. The lowest BCUT2D eigenvalue weighted by molar-refractivity contribution is 0.174. The first-order valence-corrected chi connectivity index (χ1v) is 7.46. The summed E-state index contributed by atoms with van der Waals surface area (Å²) < 4.78 is 10.8. The van der Waals surface area contributed by atoms with E-state index in [1.165, 1.54) is 37.7 Å². The molecule has 2 aliphatic rings. The van der Waals surface area contributed by atoms with E-state index in [2.05, 4.69) is 24.4 Å². The van der Waals surface area contributed by atoms with E-state index in [1.54, 1.807) is 0 Å². The molecule has 0 saturated heterocycles. The van der Waals surface area contributed by atoms with Gasteiger partial charge in [0.25, 0.3) is 0 Å². The van der Waals surface area contributed by atoms with E-state index in [9.17, 15) is 0 Å². The van der Waals surface area contributed by atoms with Crippen LogP contribution in [-0.4, -0.2) is 18.9 Å². The van der Waals surface area contributed by atoms with Gasteiger partial charge >= 0.3 is 0 Å². The minimum Gasteiger partial charge on any atom is -0.454 e. The average Bonchev–Trinajstić information content (AvgIpc) is 2.87. The Bertz CT molecular complexity index is 427. The maximum Gasteiger partial charge on any atom is 0.231 e. The van der Waals surface area contributed by atoms with Gasteiger partial charge in [-0.2, -0.15) is 0 Å². The summed E-state index contributed by atoms with van der Waals surface area (Å²) in [5.41, 5.74) is 1.32. The topological polar surface area (TPSA) is 30.5 Å². The molecule has 1 aliphatic heterocycles. The number of nitrogens with one attached hydrogen (secondary N) is 1. The highest BCUT2D eigenvalue weighted by molar-refractivity contribution is 5.44. The minimum atomic E-state index is 0.356. The fourth-order valence-corrected chi connectivity index (χ4v) is 3.15. The second kappa shape index (κ2) is 5.83. The largest absolute Gasteiger partial charge is 0.454 e. The lowest BCUT2D eigenvalue weighted by atomic mass is 9.94. The first kappa shape index (κ1) is 12.8. The highest BCUT2D eigenvalue weighted by atomic mass is 16.7. The van der Waals surface area contributed by atoms with Crippen molar-refractivity contribution in [2.24, 2.45) is 0 Å². The van der Waals surface area contributed by atoms with Gasteiger partial charge in [0.05, 0.1) is 0 Å². The zero-order valence-corrected chi connectivity index (χ0v) is 11.7. The molecule has 3 rings (SSSR count). The van der Waals surface area contributed by atoms with Gasteiger partial charge in [-0.1, -0.05) is 25.3 Å². The number of ether oxygens (including phenoxy) is 2. The molecule has 1 atom stereocenters. The van der Waals surface area contributed by atoms with Gasteiger partial charge in [0, 0.05) is 12.1 Å². The number of hydrogen-bond acceptors (Lipinski definition) is 3. The molecule has 0 aromatic heterocycles. The highest BCUT2D eigenvalue weighted by Crippen LogP contribution is 2.32. The maximum atomic E-state index is 5.43. The molecule has 0 radical (unpaired) electrons. The Morgan fingerprint density at radius 1 is 1.16 bits per heavy atom. The number of fused-ring (bicyclic) bond motifs is 1. The van der Waals surface area contributed by atoms with E-state index in [4.69, 9.17) is 9.47 Å². The highest BCUT2D eigenvalue weighted by Gasteiger charge is 2.17. The summed E-state index contributed by atoms with van der Waals surface area (Å²) in [5, 5.41) is 3.76. The molecule has 0 spiro atoms. The lowest BCUT2D eigenvalue weighted by Gasteiger charge is -2.26. The van der Waals surface area contributed by atoms with Crippen LogP contribution in [0.25, 0.3) is 0 Å². The predicted octanol–water partition coefficient (Wildman–Crippen LogP) is 3.27. The number of hydrogen-bond donors (Lipinski definition) is 1. The fraction of sp³-hybridized carbons (Fsp3) is 0.625. The Kier molecular flexibility index (Phi) is 3.92. The fourth-order valence-electron chi connectivity index (χ4n) is 3.15. The van der Waals surface area contributed by atoms with Crippen LogP contribution in [0.4, 0.5) is 0 Å². The molecule has 1 unspecified atom stereocenters. The molecule has 0 amide bonds. The molecule has 1 aliphatic carbocycles. The summed E-state index contributed by atoms with van der Waals surface area (Å²) in [6, 6.07) is 7.51. The van der Waals surface area contributed by atoms with Crippen LogP contribution in [0.2, 0.25) is 0 Å². The summed E-state index contributed by atoms with van der Waals surface area (Å²) in [7, 11) is 0. The van der Waals surface area contributed by atoms with Crippen LogP contribution >= 0.6 is 0 Å². The molecule has 1 N–H and O–H groups in total. The van der Waals surface area contributed by atoms with Crippen LogP contribution in [0.15, 0.2) is 18.2 Å². The second-order valence-electron chi connectivity index (χ2n) is 5.79. The monoisotopic (exact) mass is 261 g/mol. The van der Waals surface area contributed by atoms with Crippen molar-refractivity contribution in [3.63, 3.8) is 0 Å². The third-order valence-electron chi connectivity index (χ3n) is 4.10. The quantitative estimate of drug-likeness (QED) is 0.902. The summed E-state index contributed by atoms with van der Waals surface area (Å²) in [4.78, 5) is 0. The molecule has 1 aromatic carbocycles. The Labute approximate surface area is 115 Å². The molecule has 1 saturated carbocycles. The third-order valence-corrected chi connectivity index (χ3v) is 4.10. The molecule has 104 valence electrons. The first-order valence-electron chi connectivity index (χ1n) is 7.46. The van der Waals surface area contributed by atoms with Crippen molar-refractivity contribution in [2.45, 2.75) is 57.5 Å². The minimum absolute atomic E-state index is 0.356. The SMILES string of the molecule is CC(Cc1ccc2c(c1)OCO2)NC1CCCCC1. The maximum absolute atomic E-state index is 5.43. The van der Waals surface area contributed by atoms with Crippen molar-refractivity contribution in [3.05, 3.63) is 23.8 Å². The van der Waals surface area contributed by atoms with E-state index in [0.29, 0.717) is 12.8 Å². The molecule has 0 bridgehead atoms. The second-order valence-corrected chi connectivity index (χ2v) is 5.79. The van der Waals surface area contributed by atoms with Crippen molar-refractivity contribution in [2.75, 3.05) is 6.79 Å². The zero-order valence-electron chi connectivity index (χ0n) is 11.7. The van der Waals surface area contributed by atoms with Crippen molar-refractivity contribution < 1.29 is 9.47 Å². The lowest BCUT2D eigenvalue weighted by Crippen LogP contribution is -2.38. The molecule has 3 nitrogen and oxygen atoms in total. The van der Waals surface area contributed by atoms with Crippen LogP contribution in [-0.2, 0) is 6.42 Å². The van der Waals surface area contributed by atoms with Crippen molar-refractivity contribution in [1.82, 2.24) is 5.32 Å². The van der Waals surface area contributed by atoms with Gasteiger partial charge in [0.15, 0.2) is 11.5 Å². The Balaban J connectivity index is 1.55. The van der Waals surface area contributed by atoms with Gasteiger partial charge in [0.1, 0.15) is 0 Å². The smallest absolute Gasteiger partial charge is 0.231 e. The van der Waals surface area contributed by atoms with Crippen molar-refractivity contribution in [1.29, 1.82) is 0 Å². The molecule has 19 heavy (non-hydrogen) atoms. The van der Waals surface area contributed by atoms with Crippen LogP contribution in [0.3, 0.4) is 0 Å². The van der Waals surface area contributed by atoms with Gasteiger partial charge in [-0.3, -0.25) is 0 Å². The summed E-state index contributed by atoms with van der Waals surface area (Å²) >= 11 is 0. The average molecular weight is 261 g/mol. The van der Waals surface area contributed by atoms with E-state index < -0.39 is 0 Å². The van der Waals surface area contributed by atoms with E-state index in [1.807, 2.05) is 6.07 Å². The van der Waals surface area contributed by atoms with Crippen LogP contribution in [0.1, 0.15) is 44.6 Å². The molecule has 1 heterocycles. The molecule has 3 heteroatoms. The van der Waals surface area contributed by atoms with Gasteiger partial charge in [0.2, 0.25) is 6.79 Å². The van der Waals surface area contributed by atoms with Crippen LogP contribution in [0.5, 0.6) is 11.5 Å². The van der Waals surface area contributed by atoms with E-state index in [0.717, 1.165) is 24.0 Å². The van der Waals surface area contributed by atoms with Crippen LogP contribution in [0, 0.1) is 0 Å². The van der Waals surface area contributed by atoms with Gasteiger partial charge < -0.3 is 14.8 Å². The Hall–Kier alpha value is -1.22. The number of benzene rings is 1. The van der Waals surface area contributed by atoms with E-state index in [-0.39, 0.29) is 0 Å². The molecular weight excluding hydrogens is 238 g/mol. The van der Waals surface area contributed by atoms with Crippen molar-refractivity contribution in [3.8, 4) is 11.5 Å². The van der Waals surface area contributed by atoms with Crippen molar-refractivity contribution >= 4 is 0 Å². The zero-order chi connectivity index (χ0) is 13.1. The normalized spacial score (nSPS) is 20.5. The Morgan fingerprint density at radius 3 is 2.79 bits per heavy atom. The summed E-state index contributed by atoms with van der Waals surface area (Å²) in [6.45, 7) is 2.63. The van der Waals surface area contributed by atoms with Gasteiger partial charge in [-0.15, -0.1) is 0 Å². The first-order chi connectivity index (χ1) is 9.31. The van der Waals surface area contributed by atoms with Crippen LogP contribution < -0.4 is 14.8 Å². The predicted molar refractivity (Wildman–Crippen MR) is 75.7 cm³/mol. The third kappa shape index (κ3) is 3.21. The summed E-state index contributed by atoms with van der Waals surface area (Å²) in [5.74, 6) is 1.76. The standard InChI is InChI=1S/C16H23NO2/c1-12(17-14-5-3-2-4-6-14)9-13-7-8-15-16(10-13)19-11-18-15/h7-8,10,12,14,17H,2-6,9,11H2,1H3. The number of rotatable bonds is 4. The van der Waals surface area contributed by atoms with Gasteiger partial charge in [-0.25, -0.2) is 0 Å². The van der Waals surface area contributed by atoms with Gasteiger partial charge in [-0.05, 0) is 43.9 Å².